The summed E-state index contributed by atoms with van der Waals surface area (Å²) in [5.41, 5.74) is 0.693. The van der Waals surface area contributed by atoms with Crippen LogP contribution in [0, 0.1) is 0 Å². The molecular weight excluding hydrogens is 278 g/mol. The van der Waals surface area contributed by atoms with E-state index in [1.807, 2.05) is 0 Å². The SMILES string of the molecule is COc1ccc([C@H]2CC[C@@H](C(=O)O)N2C(=O)O)cc1OC. The molecule has 0 saturated carbocycles. The molecule has 1 aromatic carbocycles. The minimum atomic E-state index is -1.24. The van der Waals surface area contributed by atoms with Crippen molar-refractivity contribution in [1.82, 2.24) is 4.90 Å². The summed E-state index contributed by atoms with van der Waals surface area (Å²) in [6.07, 6.45) is -0.487. The first kappa shape index (κ1) is 15.0. The zero-order valence-corrected chi connectivity index (χ0v) is 11.8. The lowest BCUT2D eigenvalue weighted by atomic mass is 10.0. The molecule has 1 saturated heterocycles. The zero-order valence-electron chi connectivity index (χ0n) is 11.8. The van der Waals surface area contributed by atoms with Crippen molar-refractivity contribution in [3.8, 4) is 11.5 Å². The van der Waals surface area contributed by atoms with Gasteiger partial charge in [0, 0.05) is 0 Å². The van der Waals surface area contributed by atoms with Gasteiger partial charge >= 0.3 is 12.1 Å². The van der Waals surface area contributed by atoms with E-state index in [0.29, 0.717) is 29.9 Å². The van der Waals surface area contributed by atoms with Crippen LogP contribution in [0.2, 0.25) is 0 Å². The number of carbonyl (C=O) groups is 2. The van der Waals surface area contributed by atoms with Gasteiger partial charge in [-0.15, -0.1) is 0 Å². The zero-order chi connectivity index (χ0) is 15.6. The van der Waals surface area contributed by atoms with Crippen molar-refractivity contribution >= 4 is 12.1 Å². The van der Waals surface area contributed by atoms with Gasteiger partial charge in [0.15, 0.2) is 11.5 Å². The highest BCUT2D eigenvalue weighted by Crippen LogP contribution is 2.39. The molecule has 1 heterocycles. The summed E-state index contributed by atoms with van der Waals surface area (Å²) < 4.78 is 10.3. The van der Waals surface area contributed by atoms with Crippen molar-refractivity contribution in [2.45, 2.75) is 24.9 Å². The lowest BCUT2D eigenvalue weighted by molar-refractivity contribution is -0.142. The van der Waals surface area contributed by atoms with Gasteiger partial charge in [-0.2, -0.15) is 0 Å². The maximum Gasteiger partial charge on any atom is 0.408 e. The van der Waals surface area contributed by atoms with Gasteiger partial charge in [-0.1, -0.05) is 6.07 Å². The molecule has 1 aliphatic heterocycles. The van der Waals surface area contributed by atoms with Crippen molar-refractivity contribution in [2.75, 3.05) is 14.2 Å². The number of hydrogen-bond acceptors (Lipinski definition) is 4. The number of likely N-dealkylation sites (tertiary alicyclic amines) is 1. The van der Waals surface area contributed by atoms with Gasteiger partial charge in [0.2, 0.25) is 0 Å². The Hall–Kier alpha value is -2.44. The fourth-order valence-corrected chi connectivity index (χ4v) is 2.71. The first-order valence-electron chi connectivity index (χ1n) is 6.45. The second kappa shape index (κ2) is 5.90. The molecule has 7 heteroatoms. The molecule has 2 rings (SSSR count). The molecule has 0 unspecified atom stereocenters. The number of methoxy groups -OCH3 is 2. The monoisotopic (exact) mass is 295 g/mol. The van der Waals surface area contributed by atoms with Crippen LogP contribution >= 0.6 is 0 Å². The number of aliphatic carboxylic acids is 1. The molecule has 2 atom stereocenters. The topological polar surface area (TPSA) is 96.3 Å². The normalized spacial score (nSPS) is 21.1. The maximum atomic E-state index is 11.4. The van der Waals surface area contributed by atoms with E-state index >= 15 is 0 Å². The Morgan fingerprint density at radius 3 is 2.33 bits per heavy atom. The lowest BCUT2D eigenvalue weighted by Crippen LogP contribution is -2.40. The molecule has 1 fully saturated rings. The number of amides is 1. The maximum absolute atomic E-state index is 11.4. The Morgan fingerprint density at radius 1 is 1.14 bits per heavy atom. The van der Waals surface area contributed by atoms with Gasteiger partial charge in [-0.25, -0.2) is 9.59 Å². The van der Waals surface area contributed by atoms with Crippen LogP contribution in [0.4, 0.5) is 4.79 Å². The summed E-state index contributed by atoms with van der Waals surface area (Å²) in [6, 6.07) is 3.59. The minimum Gasteiger partial charge on any atom is -0.493 e. The highest BCUT2D eigenvalue weighted by atomic mass is 16.5. The van der Waals surface area contributed by atoms with E-state index in [1.54, 1.807) is 18.2 Å². The predicted octanol–water partition coefficient (Wildman–Crippen LogP) is 1.97. The molecule has 0 aliphatic carbocycles. The van der Waals surface area contributed by atoms with E-state index in [0.717, 1.165) is 4.90 Å². The average Bonchev–Trinajstić information content (AvgIpc) is 2.91. The van der Waals surface area contributed by atoms with Crippen LogP contribution in [-0.2, 0) is 4.79 Å². The molecule has 7 nitrogen and oxygen atoms in total. The van der Waals surface area contributed by atoms with Crippen LogP contribution in [0.1, 0.15) is 24.4 Å². The Bertz CT molecular complexity index is 558. The highest BCUT2D eigenvalue weighted by molar-refractivity contribution is 5.80. The second-order valence-electron chi connectivity index (χ2n) is 4.75. The summed E-state index contributed by atoms with van der Waals surface area (Å²) >= 11 is 0. The number of ether oxygens (including phenoxy) is 2. The summed E-state index contributed by atoms with van der Waals surface area (Å²) in [6.45, 7) is 0. The largest absolute Gasteiger partial charge is 0.493 e. The third-order valence-electron chi connectivity index (χ3n) is 3.68. The number of benzene rings is 1. The molecule has 0 spiro atoms. The van der Waals surface area contributed by atoms with Crippen molar-refractivity contribution in [3.05, 3.63) is 23.8 Å². The Kier molecular flexibility index (Phi) is 4.21. The van der Waals surface area contributed by atoms with Crippen LogP contribution in [0.3, 0.4) is 0 Å². The van der Waals surface area contributed by atoms with Gasteiger partial charge < -0.3 is 19.7 Å². The molecule has 2 N–H and O–H groups in total. The van der Waals surface area contributed by atoms with E-state index in [1.165, 1.54) is 14.2 Å². The van der Waals surface area contributed by atoms with Gasteiger partial charge in [-0.3, -0.25) is 4.90 Å². The van der Waals surface area contributed by atoms with Crippen LogP contribution in [0.5, 0.6) is 11.5 Å². The van der Waals surface area contributed by atoms with Gasteiger partial charge in [0.25, 0.3) is 0 Å². The summed E-state index contributed by atoms with van der Waals surface area (Å²) in [4.78, 5) is 23.5. The first-order valence-corrected chi connectivity index (χ1v) is 6.45. The van der Waals surface area contributed by atoms with Crippen molar-refractivity contribution in [1.29, 1.82) is 0 Å². The molecular formula is C14H17NO6. The summed E-state index contributed by atoms with van der Waals surface area (Å²) in [7, 11) is 3.00. The quantitative estimate of drug-likeness (QED) is 0.881. The lowest BCUT2D eigenvalue weighted by Gasteiger charge is -2.26. The highest BCUT2D eigenvalue weighted by Gasteiger charge is 2.42. The van der Waals surface area contributed by atoms with E-state index in [2.05, 4.69) is 0 Å². The number of hydrogen-bond donors (Lipinski definition) is 2. The summed E-state index contributed by atoms with van der Waals surface area (Å²) in [5, 5.41) is 18.4. The molecule has 0 bridgehead atoms. The smallest absolute Gasteiger partial charge is 0.408 e. The van der Waals surface area contributed by atoms with Gasteiger partial charge in [0.1, 0.15) is 6.04 Å². The number of carboxylic acid groups (broad SMARTS) is 2. The summed E-state index contributed by atoms with van der Waals surface area (Å²) in [5.74, 6) is -0.101. The predicted molar refractivity (Wildman–Crippen MR) is 72.8 cm³/mol. The van der Waals surface area contributed by atoms with Crippen LogP contribution in [0.25, 0.3) is 0 Å². The Morgan fingerprint density at radius 2 is 1.81 bits per heavy atom. The van der Waals surface area contributed by atoms with Crippen molar-refractivity contribution in [2.24, 2.45) is 0 Å². The fraction of sp³-hybridized carbons (Fsp3) is 0.429. The minimum absolute atomic E-state index is 0.292. The van der Waals surface area contributed by atoms with E-state index in [4.69, 9.17) is 14.6 Å². The van der Waals surface area contributed by atoms with Crippen LogP contribution in [-0.4, -0.2) is 47.4 Å². The van der Waals surface area contributed by atoms with Crippen LogP contribution < -0.4 is 9.47 Å². The van der Waals surface area contributed by atoms with E-state index in [9.17, 15) is 14.7 Å². The Labute approximate surface area is 121 Å². The van der Waals surface area contributed by atoms with Crippen LogP contribution in [0.15, 0.2) is 18.2 Å². The number of rotatable bonds is 4. The first-order chi connectivity index (χ1) is 9.99. The number of carboxylic acids is 1. The van der Waals surface area contributed by atoms with Gasteiger partial charge in [-0.05, 0) is 30.5 Å². The average molecular weight is 295 g/mol. The second-order valence-corrected chi connectivity index (χ2v) is 4.75. The molecule has 1 amide bonds. The van der Waals surface area contributed by atoms with E-state index < -0.39 is 24.1 Å². The third-order valence-corrected chi connectivity index (χ3v) is 3.68. The Balaban J connectivity index is 2.36. The standard InChI is InChI=1S/C14H17NO6/c1-20-11-6-3-8(7-12(11)21-2)9-4-5-10(13(16)17)15(9)14(18)19/h3,6-7,9-10H,4-5H2,1-2H3,(H,16,17)(H,18,19)/t9-,10+/m1/s1. The molecule has 0 radical (unpaired) electrons. The molecule has 21 heavy (non-hydrogen) atoms. The molecule has 0 aromatic heterocycles. The third kappa shape index (κ3) is 2.72. The van der Waals surface area contributed by atoms with Crippen molar-refractivity contribution in [3.63, 3.8) is 0 Å². The molecule has 1 aromatic rings. The molecule has 114 valence electrons. The van der Waals surface area contributed by atoms with E-state index in [-0.39, 0.29) is 0 Å². The fourth-order valence-electron chi connectivity index (χ4n) is 2.71. The van der Waals surface area contributed by atoms with Crippen molar-refractivity contribution < 1.29 is 29.3 Å². The molecule has 1 aliphatic rings. The number of nitrogens with zero attached hydrogens (tertiary/aromatic N) is 1. The van der Waals surface area contributed by atoms with Gasteiger partial charge in [0.05, 0.1) is 20.3 Å².